The monoisotopic (exact) mass is 606 g/mol. The topological polar surface area (TPSA) is 152 Å². The van der Waals surface area contributed by atoms with Crippen LogP contribution in [-0.2, 0) is 33.4 Å². The van der Waals surface area contributed by atoms with Gasteiger partial charge in [-0.1, -0.05) is 70.4 Å². The maximum Gasteiger partial charge on any atom is 0.329 e. The van der Waals surface area contributed by atoms with Crippen LogP contribution < -0.4 is 16.0 Å². The Morgan fingerprint density at radius 2 is 1.86 bits per heavy atom. The quantitative estimate of drug-likeness (QED) is 0.140. The highest BCUT2D eigenvalue weighted by molar-refractivity contribution is 8.13. The number of esters is 1. The average Bonchev–Trinajstić information content (AvgIpc) is 3.32. The fourth-order valence-electron chi connectivity index (χ4n) is 4.35. The van der Waals surface area contributed by atoms with Crippen molar-refractivity contribution in [3.05, 3.63) is 23.9 Å². The number of nitrogens with zero attached hydrogens (tertiary/aromatic N) is 1. The zero-order valence-electron chi connectivity index (χ0n) is 25.4. The van der Waals surface area contributed by atoms with E-state index < -0.39 is 48.0 Å². The lowest BCUT2D eigenvalue weighted by atomic mass is 10.0. The van der Waals surface area contributed by atoms with E-state index in [0.717, 1.165) is 19.3 Å². The van der Waals surface area contributed by atoms with Crippen LogP contribution >= 0.6 is 11.8 Å². The molecule has 12 heteroatoms. The number of carbonyl (C=O) groups is 5. The van der Waals surface area contributed by atoms with E-state index in [1.165, 1.54) is 30.7 Å². The maximum atomic E-state index is 13.2. The van der Waals surface area contributed by atoms with Crippen molar-refractivity contribution in [2.75, 3.05) is 12.3 Å². The fourth-order valence-corrected chi connectivity index (χ4v) is 5.12. The molecule has 0 aromatic heterocycles. The summed E-state index contributed by atoms with van der Waals surface area (Å²) < 4.78 is 11.3. The van der Waals surface area contributed by atoms with Crippen molar-refractivity contribution in [2.24, 2.45) is 10.9 Å². The van der Waals surface area contributed by atoms with Gasteiger partial charge < -0.3 is 25.4 Å². The van der Waals surface area contributed by atoms with E-state index in [1.54, 1.807) is 39.8 Å². The Labute approximate surface area is 253 Å². The summed E-state index contributed by atoms with van der Waals surface area (Å²) in [5.41, 5.74) is -0.0286. The molecule has 0 aliphatic carbocycles. The summed E-state index contributed by atoms with van der Waals surface area (Å²) in [4.78, 5) is 68.2. The molecule has 2 rings (SSSR count). The predicted octanol–water partition coefficient (Wildman–Crippen LogP) is 3.33. The summed E-state index contributed by atoms with van der Waals surface area (Å²) in [7, 11) is 0. The molecule has 3 amide bonds. The molecule has 0 aromatic rings. The van der Waals surface area contributed by atoms with Gasteiger partial charge in [0.25, 0.3) is 11.8 Å². The first-order valence-corrected chi connectivity index (χ1v) is 15.8. The van der Waals surface area contributed by atoms with Crippen molar-refractivity contribution in [1.82, 2.24) is 16.0 Å². The molecule has 42 heavy (non-hydrogen) atoms. The number of amides is 3. The maximum absolute atomic E-state index is 13.2. The van der Waals surface area contributed by atoms with Gasteiger partial charge >= 0.3 is 5.97 Å². The summed E-state index contributed by atoms with van der Waals surface area (Å²) in [5.74, 6) is -1.89. The number of hydrogen-bond acceptors (Lipinski definition) is 9. The molecule has 2 aliphatic heterocycles. The summed E-state index contributed by atoms with van der Waals surface area (Å²) in [5, 5.41) is 8.07. The van der Waals surface area contributed by atoms with Crippen LogP contribution in [0.25, 0.3) is 0 Å². The van der Waals surface area contributed by atoms with Crippen molar-refractivity contribution in [3.63, 3.8) is 0 Å². The number of hydrogen-bond donors (Lipinski definition) is 3. The van der Waals surface area contributed by atoms with Gasteiger partial charge in [0.05, 0.1) is 13.0 Å². The number of carbonyl (C=O) groups excluding carboxylic acids is 5. The Bertz CT molecular complexity index is 1060. The molecule has 0 fully saturated rings. The van der Waals surface area contributed by atoms with Gasteiger partial charge in [0.1, 0.15) is 23.9 Å². The van der Waals surface area contributed by atoms with Gasteiger partial charge in [0, 0.05) is 12.2 Å². The number of ether oxygens (including phenoxy) is 2. The molecule has 0 saturated carbocycles. The Kier molecular flexibility index (Phi) is 15.4. The molecule has 0 spiro atoms. The predicted molar refractivity (Wildman–Crippen MR) is 163 cm³/mol. The lowest BCUT2D eigenvalue weighted by Crippen LogP contribution is -2.49. The summed E-state index contributed by atoms with van der Waals surface area (Å²) in [6.07, 6.45) is 9.80. The summed E-state index contributed by atoms with van der Waals surface area (Å²) in [6, 6.07) is -1.93. The number of allylic oxidation sites excluding steroid dienone is 2. The highest BCUT2D eigenvalue weighted by Gasteiger charge is 2.35. The van der Waals surface area contributed by atoms with Gasteiger partial charge in [-0.15, -0.1) is 0 Å². The minimum absolute atomic E-state index is 0.0286. The minimum atomic E-state index is -1.03. The average molecular weight is 607 g/mol. The van der Waals surface area contributed by atoms with Crippen LogP contribution in [0.5, 0.6) is 0 Å². The Morgan fingerprint density at radius 1 is 1.12 bits per heavy atom. The smallest absolute Gasteiger partial charge is 0.329 e. The van der Waals surface area contributed by atoms with Crippen molar-refractivity contribution in [3.8, 4) is 0 Å². The Balaban J connectivity index is 2.11. The van der Waals surface area contributed by atoms with Crippen molar-refractivity contribution >= 4 is 46.5 Å². The number of thioether (sulfide) groups is 1. The number of nitrogens with one attached hydrogen (secondary N) is 3. The van der Waals surface area contributed by atoms with E-state index in [1.807, 2.05) is 0 Å². The second-order valence-corrected chi connectivity index (χ2v) is 11.9. The molecule has 234 valence electrons. The largest absolute Gasteiger partial charge is 0.474 e. The summed E-state index contributed by atoms with van der Waals surface area (Å²) >= 11 is 1.28. The van der Waals surface area contributed by atoms with Crippen LogP contribution in [0.2, 0.25) is 0 Å². The number of fused-ring (bicyclic) bond motifs is 1. The van der Waals surface area contributed by atoms with E-state index in [4.69, 9.17) is 9.47 Å². The molecule has 4 atom stereocenters. The molecule has 0 aromatic carbocycles. The van der Waals surface area contributed by atoms with Crippen LogP contribution in [0.15, 0.2) is 28.9 Å². The second-order valence-electron chi connectivity index (χ2n) is 10.7. The van der Waals surface area contributed by atoms with Gasteiger partial charge in [-0.05, 0) is 38.7 Å². The first kappa shape index (κ1) is 35.0. The third-order valence-corrected chi connectivity index (χ3v) is 7.76. The molecule has 2 heterocycles. The molecular formula is C30H46N4O7S. The molecule has 2 bridgehead atoms. The first-order chi connectivity index (χ1) is 20.0. The molecular weight excluding hydrogens is 560 g/mol. The van der Waals surface area contributed by atoms with Crippen LogP contribution in [-0.4, -0.2) is 71.3 Å². The summed E-state index contributed by atoms with van der Waals surface area (Å²) in [6.45, 7) is 8.89. The number of unbranched alkanes of at least 4 members (excludes halogenated alkanes) is 4. The van der Waals surface area contributed by atoms with E-state index in [9.17, 15) is 24.0 Å². The van der Waals surface area contributed by atoms with Gasteiger partial charge in [0.15, 0.2) is 11.2 Å². The van der Waals surface area contributed by atoms with Crippen LogP contribution in [0.3, 0.4) is 0 Å². The van der Waals surface area contributed by atoms with Gasteiger partial charge in [-0.25, -0.2) is 9.79 Å². The van der Waals surface area contributed by atoms with Gasteiger partial charge in [-0.3, -0.25) is 19.2 Å². The van der Waals surface area contributed by atoms with E-state index >= 15 is 0 Å². The normalized spacial score (nSPS) is 25.1. The zero-order valence-corrected chi connectivity index (χ0v) is 26.2. The van der Waals surface area contributed by atoms with E-state index in [-0.39, 0.29) is 35.6 Å². The third kappa shape index (κ3) is 12.0. The number of aliphatic imine (C=N–C) groups is 1. The molecule has 0 saturated heterocycles. The highest BCUT2D eigenvalue weighted by atomic mass is 32.2. The lowest BCUT2D eigenvalue weighted by Gasteiger charge is -2.24. The molecule has 2 aliphatic rings. The molecule has 0 radical (unpaired) electrons. The molecule has 3 N–H and O–H groups in total. The minimum Gasteiger partial charge on any atom is -0.474 e. The SMILES string of the molecule is C/C=C1\NC(=O)C2N=C(CNC(=O)C[C@@H](/C=C/CCSC(=O)CCCCCCC)OC(=O)[C@H](C(C)C)NC1=O)O[C@@H]2C. The Hall–Kier alpha value is -3.15. The lowest BCUT2D eigenvalue weighted by molar-refractivity contribution is -0.153. The first-order valence-electron chi connectivity index (χ1n) is 14.9. The highest BCUT2D eigenvalue weighted by Crippen LogP contribution is 2.16. The molecule has 11 nitrogen and oxygen atoms in total. The van der Waals surface area contributed by atoms with Gasteiger partial charge in [0.2, 0.25) is 11.8 Å². The van der Waals surface area contributed by atoms with Crippen LogP contribution in [0, 0.1) is 5.92 Å². The number of cyclic esters (lactones) is 1. The Morgan fingerprint density at radius 3 is 2.55 bits per heavy atom. The zero-order chi connectivity index (χ0) is 31.1. The van der Waals surface area contributed by atoms with Crippen LogP contribution in [0.1, 0.15) is 86.0 Å². The van der Waals surface area contributed by atoms with Crippen molar-refractivity contribution < 1.29 is 33.4 Å². The van der Waals surface area contributed by atoms with E-state index in [0.29, 0.717) is 18.6 Å². The standard InChI is InChI=1S/C30H46N4O7S/c1-6-8-9-10-11-15-25(36)42-16-13-12-14-21-17-23(35)31-18-24-33-27(20(5)40-24)29(38)32-22(7-2)28(37)34-26(19(3)4)30(39)41-21/h7,12,14,19-21,26-27H,6,8-11,13,15-18H2,1-5H3,(H,31,35)(H,32,38)(H,34,37)/b14-12+,22-7-/t20-,21-,26+,27?/m1/s1. The fraction of sp³-hybridized carbons (Fsp3) is 0.667. The third-order valence-electron chi connectivity index (χ3n) is 6.79. The second kappa shape index (κ2) is 18.4. The molecule has 1 unspecified atom stereocenters. The van der Waals surface area contributed by atoms with Crippen molar-refractivity contribution in [1.29, 1.82) is 0 Å². The van der Waals surface area contributed by atoms with E-state index in [2.05, 4.69) is 27.9 Å². The van der Waals surface area contributed by atoms with Gasteiger partial charge in [-0.2, -0.15) is 0 Å². The van der Waals surface area contributed by atoms with Crippen LogP contribution in [0.4, 0.5) is 0 Å². The van der Waals surface area contributed by atoms with Crippen molar-refractivity contribution in [2.45, 2.75) is 110 Å². The number of rotatable bonds is 11.